The molecule has 0 saturated carbocycles. The van der Waals surface area contributed by atoms with Gasteiger partial charge in [0.1, 0.15) is 5.69 Å². The average Bonchev–Trinajstić information content (AvgIpc) is 2.72. The Bertz CT molecular complexity index is 867. The maximum Gasteiger partial charge on any atom is 0.354 e. The van der Waals surface area contributed by atoms with Crippen LogP contribution in [0, 0.1) is 0 Å². The van der Waals surface area contributed by atoms with Gasteiger partial charge in [-0.1, -0.05) is 29.3 Å². The van der Waals surface area contributed by atoms with Crippen LogP contribution >= 0.6 is 23.2 Å². The predicted octanol–water partition coefficient (Wildman–Crippen LogP) is 2.82. The van der Waals surface area contributed by atoms with E-state index in [0.29, 0.717) is 11.4 Å². The van der Waals surface area contributed by atoms with Crippen molar-refractivity contribution in [2.75, 3.05) is 4.90 Å². The van der Waals surface area contributed by atoms with Crippen LogP contribution in [0.3, 0.4) is 0 Å². The van der Waals surface area contributed by atoms with Crippen molar-refractivity contribution in [3.05, 3.63) is 57.3 Å². The highest BCUT2D eigenvalue weighted by Crippen LogP contribution is 2.37. The molecular weight excluding hydrogens is 343 g/mol. The number of anilines is 1. The highest BCUT2D eigenvalue weighted by molar-refractivity contribution is 6.55. The van der Waals surface area contributed by atoms with Gasteiger partial charge in [-0.15, -0.1) is 0 Å². The number of carbonyl (C=O) groups excluding carboxylic acids is 2. The monoisotopic (exact) mass is 350 g/mol. The molecule has 0 radical (unpaired) electrons. The molecule has 1 amide bonds. The molecule has 0 bridgehead atoms. The van der Waals surface area contributed by atoms with Crippen LogP contribution in [0.2, 0.25) is 10.0 Å². The summed E-state index contributed by atoms with van der Waals surface area (Å²) in [5.41, 5.74) is 0.565. The summed E-state index contributed by atoms with van der Waals surface area (Å²) in [5.74, 6) is -2.66. The number of hydrogen-bond acceptors (Lipinski definition) is 4. The summed E-state index contributed by atoms with van der Waals surface area (Å²) in [5, 5.41) is 9.35. The van der Waals surface area contributed by atoms with Crippen molar-refractivity contribution in [1.82, 2.24) is 4.98 Å². The first-order valence-electron chi connectivity index (χ1n) is 6.43. The maximum atomic E-state index is 12.2. The minimum Gasteiger partial charge on any atom is -0.477 e. The molecule has 1 aliphatic rings. The van der Waals surface area contributed by atoms with Crippen molar-refractivity contribution < 1.29 is 19.5 Å². The second kappa shape index (κ2) is 5.64. The van der Waals surface area contributed by atoms with Crippen LogP contribution in [0.5, 0.6) is 0 Å². The van der Waals surface area contributed by atoms with Gasteiger partial charge in [0, 0.05) is 5.02 Å². The van der Waals surface area contributed by atoms with Gasteiger partial charge in [-0.2, -0.15) is 0 Å². The molecule has 3 rings (SSSR count). The van der Waals surface area contributed by atoms with E-state index in [1.54, 1.807) is 6.07 Å². The number of aromatic carboxylic acids is 1. The van der Waals surface area contributed by atoms with E-state index in [1.165, 1.54) is 29.2 Å². The molecule has 0 aliphatic carbocycles. The molecule has 23 heavy (non-hydrogen) atoms. The molecule has 8 heteroatoms. The summed E-state index contributed by atoms with van der Waals surface area (Å²) < 4.78 is 0. The van der Waals surface area contributed by atoms with Gasteiger partial charge in [0.25, 0.3) is 11.7 Å². The number of amides is 1. The zero-order valence-corrected chi connectivity index (χ0v) is 12.9. The van der Waals surface area contributed by atoms with E-state index in [4.69, 9.17) is 28.3 Å². The van der Waals surface area contributed by atoms with Crippen molar-refractivity contribution in [1.29, 1.82) is 0 Å². The van der Waals surface area contributed by atoms with Gasteiger partial charge in [0.05, 0.1) is 28.5 Å². The summed E-state index contributed by atoms with van der Waals surface area (Å²) in [4.78, 5) is 40.3. The number of benzene rings is 1. The number of halogens is 2. The number of fused-ring (bicyclic) bond motifs is 1. The third kappa shape index (κ3) is 2.67. The molecule has 1 N–H and O–H groups in total. The lowest BCUT2D eigenvalue weighted by Crippen LogP contribution is -2.29. The highest BCUT2D eigenvalue weighted by atomic mass is 35.5. The molecule has 6 nitrogen and oxygen atoms in total. The molecule has 1 aliphatic heterocycles. The number of aromatic nitrogens is 1. The Labute approximate surface area is 140 Å². The lowest BCUT2D eigenvalue weighted by molar-refractivity contribution is -0.114. The smallest absolute Gasteiger partial charge is 0.354 e. The third-order valence-electron chi connectivity index (χ3n) is 3.34. The Hall–Kier alpha value is -2.44. The molecule has 0 atom stereocenters. The summed E-state index contributed by atoms with van der Waals surface area (Å²) in [7, 11) is 0. The first-order chi connectivity index (χ1) is 10.9. The molecule has 0 spiro atoms. The van der Waals surface area contributed by atoms with Crippen LogP contribution in [0.1, 0.15) is 26.5 Å². The molecule has 2 aromatic rings. The zero-order chi connectivity index (χ0) is 16.7. The summed E-state index contributed by atoms with van der Waals surface area (Å²) in [6.07, 6.45) is 0. The molecule has 0 fully saturated rings. The van der Waals surface area contributed by atoms with Gasteiger partial charge in [0.2, 0.25) is 0 Å². The van der Waals surface area contributed by atoms with Gasteiger partial charge >= 0.3 is 5.97 Å². The first kappa shape index (κ1) is 15.5. The maximum absolute atomic E-state index is 12.2. The normalized spacial score (nSPS) is 13.4. The number of rotatable bonds is 3. The van der Waals surface area contributed by atoms with Crippen LogP contribution in [-0.2, 0) is 11.3 Å². The Morgan fingerprint density at radius 2 is 1.96 bits per heavy atom. The van der Waals surface area contributed by atoms with Crippen LogP contribution in [-0.4, -0.2) is 27.8 Å². The quantitative estimate of drug-likeness (QED) is 0.860. The number of pyridine rings is 1. The van der Waals surface area contributed by atoms with E-state index < -0.39 is 17.7 Å². The van der Waals surface area contributed by atoms with Crippen LogP contribution < -0.4 is 4.90 Å². The molecule has 0 unspecified atom stereocenters. The van der Waals surface area contributed by atoms with E-state index in [9.17, 15) is 14.4 Å². The Morgan fingerprint density at radius 3 is 2.65 bits per heavy atom. The number of carboxylic acids is 1. The lowest BCUT2D eigenvalue weighted by Gasteiger charge is -2.16. The second-order valence-electron chi connectivity index (χ2n) is 4.82. The largest absolute Gasteiger partial charge is 0.477 e. The van der Waals surface area contributed by atoms with Crippen molar-refractivity contribution >= 4 is 46.5 Å². The topological polar surface area (TPSA) is 87.6 Å². The van der Waals surface area contributed by atoms with Gasteiger partial charge in [-0.05, 0) is 24.3 Å². The fourth-order valence-corrected chi connectivity index (χ4v) is 2.91. The first-order valence-corrected chi connectivity index (χ1v) is 7.18. The van der Waals surface area contributed by atoms with Gasteiger partial charge in [-0.3, -0.25) is 14.5 Å². The van der Waals surface area contributed by atoms with Gasteiger partial charge < -0.3 is 5.11 Å². The van der Waals surface area contributed by atoms with Crippen molar-refractivity contribution in [3.8, 4) is 0 Å². The van der Waals surface area contributed by atoms with Crippen molar-refractivity contribution in [2.24, 2.45) is 0 Å². The second-order valence-corrected chi connectivity index (χ2v) is 5.67. The number of Topliss-reactive ketones (excluding diaryl/α,β-unsaturated/α-hetero) is 1. The Morgan fingerprint density at radius 1 is 1.22 bits per heavy atom. The number of ketones is 1. The third-order valence-corrected chi connectivity index (χ3v) is 3.85. The van der Waals surface area contributed by atoms with Crippen LogP contribution in [0.4, 0.5) is 5.69 Å². The summed E-state index contributed by atoms with van der Waals surface area (Å²) in [6.45, 7) is -0.0602. The standard InChI is InChI=1S/C15H8Cl2N2O4/c16-7-4-9(17)12-11(5-7)19(14(21)13(12)20)6-8-2-1-3-10(18-8)15(22)23/h1-5H,6H2,(H,22,23). The number of nitrogens with zero attached hydrogens (tertiary/aromatic N) is 2. The SMILES string of the molecule is O=C(O)c1cccc(CN2C(=O)C(=O)c3c(Cl)cc(Cl)cc32)n1. The van der Waals surface area contributed by atoms with E-state index in [-0.39, 0.29) is 27.8 Å². The average molecular weight is 351 g/mol. The summed E-state index contributed by atoms with van der Waals surface area (Å²) >= 11 is 11.9. The lowest BCUT2D eigenvalue weighted by atomic mass is 10.1. The number of carboxylic acid groups (broad SMARTS) is 1. The van der Waals surface area contributed by atoms with Gasteiger partial charge in [-0.25, -0.2) is 9.78 Å². The molecule has 116 valence electrons. The molecule has 1 aromatic heterocycles. The van der Waals surface area contributed by atoms with Crippen molar-refractivity contribution in [3.63, 3.8) is 0 Å². The van der Waals surface area contributed by atoms with E-state index >= 15 is 0 Å². The fraction of sp³-hybridized carbons (Fsp3) is 0.0667. The predicted molar refractivity (Wildman–Crippen MR) is 83.2 cm³/mol. The Balaban J connectivity index is 2.02. The molecular formula is C15H8Cl2N2O4. The Kier molecular flexibility index (Phi) is 3.79. The van der Waals surface area contributed by atoms with Crippen molar-refractivity contribution in [2.45, 2.75) is 6.54 Å². The van der Waals surface area contributed by atoms with Crippen LogP contribution in [0.15, 0.2) is 30.3 Å². The number of hydrogen-bond donors (Lipinski definition) is 1. The summed E-state index contributed by atoms with van der Waals surface area (Å²) in [6, 6.07) is 7.27. The minimum absolute atomic E-state index is 0.0602. The van der Waals surface area contributed by atoms with E-state index in [0.717, 1.165) is 0 Å². The van der Waals surface area contributed by atoms with Gasteiger partial charge in [0.15, 0.2) is 0 Å². The minimum atomic E-state index is -1.18. The van der Waals surface area contributed by atoms with Crippen LogP contribution in [0.25, 0.3) is 0 Å². The van der Waals surface area contributed by atoms with E-state index in [1.807, 2.05) is 0 Å². The van der Waals surface area contributed by atoms with E-state index in [2.05, 4.69) is 4.98 Å². The zero-order valence-electron chi connectivity index (χ0n) is 11.4. The molecule has 1 aromatic carbocycles. The highest BCUT2D eigenvalue weighted by Gasteiger charge is 2.38. The number of carbonyl (C=O) groups is 3. The molecule has 2 heterocycles. The molecule has 0 saturated heterocycles. The fourth-order valence-electron chi connectivity index (χ4n) is 2.34.